The molecule has 15 heavy (non-hydrogen) atoms. The van der Waals surface area contributed by atoms with E-state index in [1.165, 1.54) is 0 Å². The van der Waals surface area contributed by atoms with Gasteiger partial charge in [0.1, 0.15) is 0 Å². The Morgan fingerprint density at radius 3 is 2.33 bits per heavy atom. The van der Waals surface area contributed by atoms with E-state index >= 15 is 0 Å². The molecule has 0 saturated heterocycles. The van der Waals surface area contributed by atoms with Gasteiger partial charge in [-0.25, -0.2) is 4.79 Å². The van der Waals surface area contributed by atoms with Crippen LogP contribution in [-0.4, -0.2) is 48.3 Å². The van der Waals surface area contributed by atoms with Crippen LogP contribution in [0.15, 0.2) is 11.6 Å². The zero-order valence-electron chi connectivity index (χ0n) is 9.57. The fourth-order valence-corrected chi connectivity index (χ4v) is 1.23. The molecule has 88 valence electrons. The minimum absolute atomic E-state index is 0.257. The van der Waals surface area contributed by atoms with Crippen LogP contribution >= 0.6 is 0 Å². The van der Waals surface area contributed by atoms with Crippen molar-refractivity contribution in [2.75, 3.05) is 27.2 Å². The Balaban J connectivity index is 0.000000288. The van der Waals surface area contributed by atoms with Crippen molar-refractivity contribution in [2.45, 2.75) is 25.7 Å². The normalized spacial score (nSPS) is 15.3. The number of aliphatic hydroxyl groups is 1. The molecule has 4 heteroatoms. The fourth-order valence-electron chi connectivity index (χ4n) is 1.23. The Bertz CT molecular complexity index is 212. The molecule has 0 bridgehead atoms. The molecule has 0 aliphatic heterocycles. The van der Waals surface area contributed by atoms with Gasteiger partial charge in [-0.05, 0) is 39.8 Å². The van der Waals surface area contributed by atoms with Gasteiger partial charge in [-0.1, -0.05) is 6.08 Å². The van der Waals surface area contributed by atoms with Crippen LogP contribution in [0.2, 0.25) is 0 Å². The maximum Gasteiger partial charge on any atom is 0.331 e. The van der Waals surface area contributed by atoms with Gasteiger partial charge < -0.3 is 15.1 Å². The summed E-state index contributed by atoms with van der Waals surface area (Å²) in [6.45, 7) is 1.02. The van der Waals surface area contributed by atoms with E-state index in [0.29, 0.717) is 5.57 Å². The van der Waals surface area contributed by atoms with Gasteiger partial charge >= 0.3 is 5.97 Å². The Hall–Kier alpha value is -0.870. The summed E-state index contributed by atoms with van der Waals surface area (Å²) in [4.78, 5) is 12.2. The molecule has 0 amide bonds. The number of carbonyl (C=O) groups is 1. The predicted octanol–water partition coefficient (Wildman–Crippen LogP) is 1.11. The molecule has 1 aliphatic rings. The van der Waals surface area contributed by atoms with Crippen molar-refractivity contribution in [3.05, 3.63) is 11.6 Å². The zero-order chi connectivity index (χ0) is 11.7. The van der Waals surface area contributed by atoms with Crippen LogP contribution in [0.1, 0.15) is 25.7 Å². The first-order chi connectivity index (χ1) is 7.07. The molecular formula is C11H21NO3. The van der Waals surface area contributed by atoms with E-state index < -0.39 is 5.97 Å². The summed E-state index contributed by atoms with van der Waals surface area (Å²) in [7, 11) is 3.85. The second-order valence-electron chi connectivity index (χ2n) is 3.81. The van der Waals surface area contributed by atoms with Crippen molar-refractivity contribution in [3.63, 3.8) is 0 Å². The lowest BCUT2D eigenvalue weighted by atomic mass is 10.0. The molecule has 0 radical (unpaired) electrons. The van der Waals surface area contributed by atoms with Crippen molar-refractivity contribution >= 4 is 5.97 Å². The van der Waals surface area contributed by atoms with Crippen molar-refractivity contribution < 1.29 is 15.0 Å². The lowest BCUT2D eigenvalue weighted by Crippen LogP contribution is -2.15. The van der Waals surface area contributed by atoms with Crippen LogP contribution in [0.5, 0.6) is 0 Å². The summed E-state index contributed by atoms with van der Waals surface area (Å²) in [5.74, 6) is -0.741. The third-order valence-corrected chi connectivity index (χ3v) is 2.11. The van der Waals surface area contributed by atoms with Gasteiger partial charge in [-0.3, -0.25) is 0 Å². The maximum atomic E-state index is 10.3. The summed E-state index contributed by atoms with van der Waals surface area (Å²) >= 11 is 0. The van der Waals surface area contributed by atoms with Gasteiger partial charge in [0.2, 0.25) is 0 Å². The number of aliphatic hydroxyl groups excluding tert-OH is 1. The van der Waals surface area contributed by atoms with Crippen molar-refractivity contribution in [1.29, 1.82) is 0 Å². The highest BCUT2D eigenvalue weighted by Crippen LogP contribution is 2.16. The Morgan fingerprint density at radius 1 is 1.47 bits per heavy atom. The summed E-state index contributed by atoms with van der Waals surface area (Å²) < 4.78 is 0. The molecule has 1 aliphatic carbocycles. The Kier molecular flexibility index (Phi) is 7.95. The van der Waals surface area contributed by atoms with E-state index in [0.717, 1.165) is 32.2 Å². The highest BCUT2D eigenvalue weighted by molar-refractivity contribution is 5.86. The van der Waals surface area contributed by atoms with E-state index in [1.54, 1.807) is 0 Å². The Labute approximate surface area is 91.2 Å². The van der Waals surface area contributed by atoms with Crippen molar-refractivity contribution in [3.8, 4) is 0 Å². The smallest absolute Gasteiger partial charge is 0.331 e. The second kappa shape index (κ2) is 8.44. The summed E-state index contributed by atoms with van der Waals surface area (Å²) in [6.07, 6.45) is 5.72. The minimum Gasteiger partial charge on any atom is -0.478 e. The number of rotatable bonds is 3. The van der Waals surface area contributed by atoms with Gasteiger partial charge in [0.05, 0.1) is 6.61 Å². The highest BCUT2D eigenvalue weighted by atomic mass is 16.4. The van der Waals surface area contributed by atoms with Crippen LogP contribution in [-0.2, 0) is 4.79 Å². The number of carboxylic acids is 1. The van der Waals surface area contributed by atoms with Gasteiger partial charge in [-0.15, -0.1) is 0 Å². The minimum atomic E-state index is -0.741. The van der Waals surface area contributed by atoms with Crippen molar-refractivity contribution in [2.24, 2.45) is 0 Å². The molecule has 0 saturated carbocycles. The molecule has 0 aromatic carbocycles. The first-order valence-electron chi connectivity index (χ1n) is 5.26. The first-order valence-corrected chi connectivity index (χ1v) is 5.26. The largest absolute Gasteiger partial charge is 0.478 e. The zero-order valence-corrected chi connectivity index (χ0v) is 9.57. The average Bonchev–Trinajstić information content (AvgIpc) is 2.20. The molecule has 1 rings (SSSR count). The van der Waals surface area contributed by atoms with Crippen molar-refractivity contribution in [1.82, 2.24) is 4.90 Å². The molecule has 2 N–H and O–H groups in total. The van der Waals surface area contributed by atoms with Gasteiger partial charge in [0.15, 0.2) is 0 Å². The molecular weight excluding hydrogens is 194 g/mol. The number of allylic oxidation sites excluding steroid dienone is 1. The molecule has 0 fully saturated rings. The standard InChI is InChI=1S/C7H10O2.C4H11NO/c8-7(9)6-4-2-1-3-5-6;1-5(2)3-4-6/h4H,1-3,5H2,(H,8,9);6H,3-4H2,1-2H3. The monoisotopic (exact) mass is 215 g/mol. The highest BCUT2D eigenvalue weighted by Gasteiger charge is 2.08. The van der Waals surface area contributed by atoms with Gasteiger partial charge in [0.25, 0.3) is 0 Å². The van der Waals surface area contributed by atoms with E-state index in [-0.39, 0.29) is 6.61 Å². The lowest BCUT2D eigenvalue weighted by Gasteiger charge is -2.06. The topological polar surface area (TPSA) is 60.8 Å². The summed E-state index contributed by atoms with van der Waals surface area (Å²) in [5, 5.41) is 16.7. The molecule has 0 aromatic rings. The van der Waals surface area contributed by atoms with E-state index in [9.17, 15) is 4.79 Å². The fraction of sp³-hybridized carbons (Fsp3) is 0.727. The molecule has 4 nitrogen and oxygen atoms in total. The number of likely N-dealkylation sites (N-methyl/N-ethyl adjacent to an activating group) is 1. The third-order valence-electron chi connectivity index (χ3n) is 2.11. The molecule has 0 spiro atoms. The summed E-state index contributed by atoms with van der Waals surface area (Å²) in [5.41, 5.74) is 0.598. The number of carboxylic acid groups (broad SMARTS) is 1. The van der Waals surface area contributed by atoms with Crippen LogP contribution < -0.4 is 0 Å². The number of hydrogen-bond donors (Lipinski definition) is 2. The van der Waals surface area contributed by atoms with E-state index in [2.05, 4.69) is 0 Å². The molecule has 0 aromatic heterocycles. The van der Waals surface area contributed by atoms with Gasteiger partial charge in [0, 0.05) is 12.1 Å². The lowest BCUT2D eigenvalue weighted by molar-refractivity contribution is -0.132. The first kappa shape index (κ1) is 14.1. The molecule has 0 unspecified atom stereocenters. The average molecular weight is 215 g/mol. The quantitative estimate of drug-likeness (QED) is 0.740. The molecule has 0 heterocycles. The number of nitrogens with zero attached hydrogens (tertiary/aromatic N) is 1. The van der Waals surface area contributed by atoms with Crippen LogP contribution in [0.3, 0.4) is 0 Å². The number of hydrogen-bond acceptors (Lipinski definition) is 3. The Morgan fingerprint density at radius 2 is 2.13 bits per heavy atom. The second-order valence-corrected chi connectivity index (χ2v) is 3.81. The summed E-state index contributed by atoms with van der Waals surface area (Å²) in [6, 6.07) is 0. The van der Waals surface area contributed by atoms with Crippen LogP contribution in [0.25, 0.3) is 0 Å². The van der Waals surface area contributed by atoms with E-state index in [1.807, 2.05) is 25.1 Å². The van der Waals surface area contributed by atoms with Crippen LogP contribution in [0, 0.1) is 0 Å². The number of aliphatic carboxylic acids is 1. The maximum absolute atomic E-state index is 10.3. The SMILES string of the molecule is CN(C)CCO.O=C(O)C1=CCCCC1. The third kappa shape index (κ3) is 8.15. The predicted molar refractivity (Wildman–Crippen MR) is 59.8 cm³/mol. The molecule has 0 atom stereocenters. The van der Waals surface area contributed by atoms with Gasteiger partial charge in [-0.2, -0.15) is 0 Å². The van der Waals surface area contributed by atoms with E-state index in [4.69, 9.17) is 10.2 Å². The van der Waals surface area contributed by atoms with Crippen LogP contribution in [0.4, 0.5) is 0 Å².